The number of guanidine groups is 1. The molecule has 0 spiro atoms. The van der Waals surface area contributed by atoms with Crippen LogP contribution in [-0.2, 0) is 19.2 Å². The molecule has 0 aliphatic rings. The molecule has 0 aromatic rings. The number of hydrogen-bond donors (Lipinski definition) is 8. The molecule has 0 aliphatic carbocycles. The maximum Gasteiger partial charge on any atom is 0.326 e. The topological polar surface area (TPSA) is 241 Å². The standard InChI is InChI=1S/C24H48N8O5/c1-5-15(4)19(22(35)31-18(23(36)37)13-14(2)3)32-21(34)17(10-8-12-29-24(27)28)30-20(33)16(26)9-6-7-11-25/h14-19H,5-13,25-26H2,1-4H3,(H,30,33)(H,31,35)(H,32,34)(H,36,37)(H4,27,28,29). The number of nitrogens with zero attached hydrogens (tertiary/aromatic N) is 1. The molecule has 0 saturated heterocycles. The molecule has 13 nitrogen and oxygen atoms in total. The zero-order valence-electron chi connectivity index (χ0n) is 22.7. The number of aliphatic imine (C=N–C) groups is 1. The molecule has 5 unspecified atom stereocenters. The van der Waals surface area contributed by atoms with Gasteiger partial charge in [0.25, 0.3) is 0 Å². The Bertz CT molecular complexity index is 757. The van der Waals surface area contributed by atoms with E-state index >= 15 is 0 Å². The van der Waals surface area contributed by atoms with Gasteiger partial charge in [-0.1, -0.05) is 40.5 Å². The van der Waals surface area contributed by atoms with Crippen LogP contribution in [0.2, 0.25) is 0 Å². The molecule has 0 heterocycles. The second kappa shape index (κ2) is 18.3. The van der Waals surface area contributed by atoms with Gasteiger partial charge >= 0.3 is 5.97 Å². The first kappa shape index (κ1) is 34.1. The number of carboxylic acids is 1. The predicted octanol–water partition coefficient (Wildman–Crippen LogP) is -0.872. The molecule has 0 rings (SSSR count). The molecule has 214 valence electrons. The second-order valence-electron chi connectivity index (χ2n) is 9.80. The summed E-state index contributed by atoms with van der Waals surface area (Å²) in [6.45, 7) is 8.08. The number of aliphatic carboxylic acids is 1. The molecular weight excluding hydrogens is 480 g/mol. The van der Waals surface area contributed by atoms with E-state index in [0.717, 1.165) is 6.42 Å². The van der Waals surface area contributed by atoms with E-state index in [2.05, 4.69) is 20.9 Å². The highest BCUT2D eigenvalue weighted by molar-refractivity contribution is 5.94. The number of nitrogens with one attached hydrogen (secondary N) is 3. The van der Waals surface area contributed by atoms with Gasteiger partial charge in [-0.25, -0.2) is 4.79 Å². The highest BCUT2D eigenvalue weighted by Gasteiger charge is 2.32. The van der Waals surface area contributed by atoms with Gasteiger partial charge in [0, 0.05) is 6.54 Å². The molecule has 13 heteroatoms. The van der Waals surface area contributed by atoms with E-state index in [0.29, 0.717) is 32.2 Å². The summed E-state index contributed by atoms with van der Waals surface area (Å²) in [5, 5.41) is 17.4. The van der Waals surface area contributed by atoms with Crippen molar-refractivity contribution in [3.63, 3.8) is 0 Å². The van der Waals surface area contributed by atoms with Crippen LogP contribution in [0, 0.1) is 11.8 Å². The highest BCUT2D eigenvalue weighted by Crippen LogP contribution is 2.12. The molecule has 0 aromatic heterocycles. The predicted molar refractivity (Wildman–Crippen MR) is 143 cm³/mol. The Kier molecular flexibility index (Phi) is 16.9. The first-order valence-electron chi connectivity index (χ1n) is 13.0. The van der Waals surface area contributed by atoms with Crippen molar-refractivity contribution in [1.29, 1.82) is 0 Å². The van der Waals surface area contributed by atoms with Crippen LogP contribution in [0.1, 0.15) is 72.6 Å². The van der Waals surface area contributed by atoms with E-state index < -0.39 is 47.9 Å². The fourth-order valence-corrected chi connectivity index (χ4v) is 3.60. The fourth-order valence-electron chi connectivity index (χ4n) is 3.60. The van der Waals surface area contributed by atoms with Gasteiger partial charge in [-0.3, -0.25) is 19.4 Å². The lowest BCUT2D eigenvalue weighted by molar-refractivity contribution is -0.143. The number of unbranched alkanes of at least 4 members (excludes halogenated alkanes) is 1. The van der Waals surface area contributed by atoms with Crippen molar-refractivity contribution in [3.05, 3.63) is 0 Å². The summed E-state index contributed by atoms with van der Waals surface area (Å²) >= 11 is 0. The first-order chi connectivity index (χ1) is 17.3. The van der Waals surface area contributed by atoms with Crippen molar-refractivity contribution in [3.8, 4) is 0 Å². The maximum absolute atomic E-state index is 13.3. The lowest BCUT2D eigenvalue weighted by Crippen LogP contribution is -2.58. The Hall–Kier alpha value is -2.93. The van der Waals surface area contributed by atoms with Crippen LogP contribution >= 0.6 is 0 Å². The van der Waals surface area contributed by atoms with Gasteiger partial charge in [0.2, 0.25) is 17.7 Å². The lowest BCUT2D eigenvalue weighted by Gasteiger charge is -2.28. The molecule has 12 N–H and O–H groups in total. The highest BCUT2D eigenvalue weighted by atomic mass is 16.4. The smallest absolute Gasteiger partial charge is 0.326 e. The maximum atomic E-state index is 13.3. The van der Waals surface area contributed by atoms with E-state index in [1.54, 1.807) is 6.92 Å². The summed E-state index contributed by atoms with van der Waals surface area (Å²) in [5.41, 5.74) is 22.2. The SMILES string of the molecule is CCC(C)C(NC(=O)C(CCCN=C(N)N)NC(=O)C(N)CCCCN)C(=O)NC(CC(C)C)C(=O)O. The van der Waals surface area contributed by atoms with Gasteiger partial charge in [-0.15, -0.1) is 0 Å². The normalized spacial score (nSPS) is 15.1. The quantitative estimate of drug-likeness (QED) is 0.0589. The van der Waals surface area contributed by atoms with Crippen molar-refractivity contribution in [2.24, 2.45) is 39.8 Å². The van der Waals surface area contributed by atoms with Crippen molar-refractivity contribution >= 4 is 29.7 Å². The van der Waals surface area contributed by atoms with Crippen LogP contribution in [0.15, 0.2) is 4.99 Å². The summed E-state index contributed by atoms with van der Waals surface area (Å²) in [7, 11) is 0. The number of nitrogens with two attached hydrogens (primary N) is 4. The Morgan fingerprint density at radius 1 is 0.865 bits per heavy atom. The van der Waals surface area contributed by atoms with Crippen molar-refractivity contribution in [2.45, 2.75) is 96.8 Å². The molecule has 3 amide bonds. The monoisotopic (exact) mass is 528 g/mol. The van der Waals surface area contributed by atoms with Gasteiger partial charge < -0.3 is 44.0 Å². The van der Waals surface area contributed by atoms with Crippen LogP contribution < -0.4 is 38.9 Å². The first-order valence-corrected chi connectivity index (χ1v) is 13.0. The fraction of sp³-hybridized carbons (Fsp3) is 0.792. The van der Waals surface area contributed by atoms with Crippen LogP contribution in [0.4, 0.5) is 0 Å². The lowest BCUT2D eigenvalue weighted by atomic mass is 9.96. The van der Waals surface area contributed by atoms with Gasteiger partial charge in [0.1, 0.15) is 18.1 Å². The number of carbonyl (C=O) groups is 4. The average molecular weight is 529 g/mol. The molecule has 0 fully saturated rings. The third-order valence-corrected chi connectivity index (χ3v) is 6.00. The molecule has 0 saturated carbocycles. The molecule has 37 heavy (non-hydrogen) atoms. The van der Waals surface area contributed by atoms with Crippen molar-refractivity contribution in [2.75, 3.05) is 13.1 Å². The van der Waals surface area contributed by atoms with Crippen LogP contribution in [0.3, 0.4) is 0 Å². The number of carboxylic acid groups (broad SMARTS) is 1. The third kappa shape index (κ3) is 14.4. The molecule has 0 radical (unpaired) electrons. The molecule has 5 atom stereocenters. The van der Waals surface area contributed by atoms with Crippen LogP contribution in [0.5, 0.6) is 0 Å². The summed E-state index contributed by atoms with van der Waals surface area (Å²) in [6.07, 6.45) is 3.18. The average Bonchev–Trinajstić information content (AvgIpc) is 2.82. The Morgan fingerprint density at radius 3 is 2.00 bits per heavy atom. The minimum atomic E-state index is -1.15. The van der Waals surface area contributed by atoms with Gasteiger partial charge in [-0.05, 0) is 50.5 Å². The Labute approximate surface area is 219 Å². The van der Waals surface area contributed by atoms with E-state index in [9.17, 15) is 24.3 Å². The number of hydrogen-bond acceptors (Lipinski definition) is 7. The minimum Gasteiger partial charge on any atom is -0.480 e. The number of carbonyl (C=O) groups excluding carboxylic acids is 3. The van der Waals surface area contributed by atoms with E-state index in [1.165, 1.54) is 0 Å². The Morgan fingerprint density at radius 2 is 1.49 bits per heavy atom. The minimum absolute atomic E-state index is 0.0388. The van der Waals surface area contributed by atoms with Gasteiger partial charge in [-0.2, -0.15) is 0 Å². The van der Waals surface area contributed by atoms with E-state index in [-0.39, 0.29) is 37.2 Å². The zero-order chi connectivity index (χ0) is 28.5. The molecule has 0 aliphatic heterocycles. The third-order valence-electron chi connectivity index (χ3n) is 6.00. The largest absolute Gasteiger partial charge is 0.480 e. The summed E-state index contributed by atoms with van der Waals surface area (Å²) in [4.78, 5) is 54.5. The van der Waals surface area contributed by atoms with Crippen molar-refractivity contribution in [1.82, 2.24) is 16.0 Å². The van der Waals surface area contributed by atoms with Crippen molar-refractivity contribution < 1.29 is 24.3 Å². The summed E-state index contributed by atoms with van der Waals surface area (Å²) < 4.78 is 0. The van der Waals surface area contributed by atoms with Crippen LogP contribution in [0.25, 0.3) is 0 Å². The Balaban J connectivity index is 5.61. The molecule has 0 bridgehead atoms. The molecule has 0 aromatic carbocycles. The van der Waals surface area contributed by atoms with E-state index in [1.807, 2.05) is 20.8 Å². The van der Waals surface area contributed by atoms with Crippen LogP contribution in [-0.4, -0.2) is 72.0 Å². The van der Waals surface area contributed by atoms with Gasteiger partial charge in [0.15, 0.2) is 5.96 Å². The summed E-state index contributed by atoms with van der Waals surface area (Å²) in [5.74, 6) is -3.17. The zero-order valence-corrected chi connectivity index (χ0v) is 22.7. The summed E-state index contributed by atoms with van der Waals surface area (Å²) in [6, 6.07) is -3.90. The molecular formula is C24H48N8O5. The number of amides is 3. The van der Waals surface area contributed by atoms with E-state index in [4.69, 9.17) is 22.9 Å². The van der Waals surface area contributed by atoms with Gasteiger partial charge in [0.05, 0.1) is 6.04 Å². The second-order valence-corrected chi connectivity index (χ2v) is 9.80. The number of rotatable bonds is 19.